The van der Waals surface area contributed by atoms with Crippen molar-refractivity contribution in [3.05, 3.63) is 29.8 Å². The number of benzene rings is 1. The van der Waals surface area contributed by atoms with E-state index in [0.717, 1.165) is 12.1 Å². The number of hydrogen-bond donors (Lipinski definition) is 0. The first-order valence-electron chi connectivity index (χ1n) is 6.23. The lowest BCUT2D eigenvalue weighted by molar-refractivity contribution is -0.126. The second-order valence-electron chi connectivity index (χ2n) is 4.81. The lowest BCUT2D eigenvalue weighted by Crippen LogP contribution is -2.35. The SMILES string of the molecule is CN(C(=O)C1CCC(=O)CC1)c1ccc(F)cc1F. The summed E-state index contributed by atoms with van der Waals surface area (Å²) < 4.78 is 26.4. The minimum absolute atomic E-state index is 0.0586. The van der Waals surface area contributed by atoms with Crippen molar-refractivity contribution in [3.8, 4) is 0 Å². The van der Waals surface area contributed by atoms with E-state index in [2.05, 4.69) is 0 Å². The van der Waals surface area contributed by atoms with E-state index in [1.165, 1.54) is 18.0 Å². The normalized spacial score (nSPS) is 16.5. The van der Waals surface area contributed by atoms with Crippen molar-refractivity contribution in [3.63, 3.8) is 0 Å². The lowest BCUT2D eigenvalue weighted by atomic mass is 9.87. The van der Waals surface area contributed by atoms with Gasteiger partial charge in [-0.15, -0.1) is 0 Å². The molecule has 0 N–H and O–H groups in total. The number of nitrogens with zero attached hydrogens (tertiary/aromatic N) is 1. The Balaban J connectivity index is 2.12. The van der Waals surface area contributed by atoms with Gasteiger partial charge < -0.3 is 4.90 Å². The molecule has 0 atom stereocenters. The molecule has 1 aliphatic rings. The van der Waals surface area contributed by atoms with Crippen LogP contribution in [0.3, 0.4) is 0 Å². The van der Waals surface area contributed by atoms with E-state index >= 15 is 0 Å². The molecule has 19 heavy (non-hydrogen) atoms. The van der Waals surface area contributed by atoms with Crippen LogP contribution >= 0.6 is 0 Å². The molecular weight excluding hydrogens is 252 g/mol. The van der Waals surface area contributed by atoms with Gasteiger partial charge in [0.25, 0.3) is 0 Å². The number of anilines is 1. The van der Waals surface area contributed by atoms with Crippen LogP contribution in [0, 0.1) is 17.6 Å². The van der Waals surface area contributed by atoms with Gasteiger partial charge in [-0.25, -0.2) is 8.78 Å². The van der Waals surface area contributed by atoms with Crippen molar-refractivity contribution in [2.24, 2.45) is 5.92 Å². The van der Waals surface area contributed by atoms with Gasteiger partial charge >= 0.3 is 0 Å². The van der Waals surface area contributed by atoms with Crippen LogP contribution in [0.4, 0.5) is 14.5 Å². The molecule has 0 spiro atoms. The average Bonchev–Trinajstić information content (AvgIpc) is 2.38. The van der Waals surface area contributed by atoms with Crippen LogP contribution in [-0.2, 0) is 9.59 Å². The summed E-state index contributed by atoms with van der Waals surface area (Å²) in [5.74, 6) is -1.75. The van der Waals surface area contributed by atoms with E-state index in [1.807, 2.05) is 0 Å². The summed E-state index contributed by atoms with van der Waals surface area (Å²) in [6, 6.07) is 3.12. The highest BCUT2D eigenvalue weighted by Gasteiger charge is 2.28. The maximum atomic E-state index is 13.6. The summed E-state index contributed by atoms with van der Waals surface area (Å²) in [6.07, 6.45) is 1.81. The predicted molar refractivity (Wildman–Crippen MR) is 66.7 cm³/mol. The Morgan fingerprint density at radius 3 is 2.47 bits per heavy atom. The van der Waals surface area contributed by atoms with E-state index in [1.54, 1.807) is 0 Å². The fourth-order valence-electron chi connectivity index (χ4n) is 2.33. The van der Waals surface area contributed by atoms with Gasteiger partial charge in [0, 0.05) is 31.9 Å². The van der Waals surface area contributed by atoms with Crippen LogP contribution in [0.5, 0.6) is 0 Å². The van der Waals surface area contributed by atoms with Gasteiger partial charge in [-0.1, -0.05) is 0 Å². The highest BCUT2D eigenvalue weighted by Crippen LogP contribution is 2.26. The van der Waals surface area contributed by atoms with Crippen molar-refractivity contribution < 1.29 is 18.4 Å². The molecule has 1 aromatic carbocycles. The summed E-state index contributed by atoms with van der Waals surface area (Å²) in [5.41, 5.74) is 0.0586. The molecular formula is C14H15F2NO2. The molecule has 0 radical (unpaired) electrons. The number of amides is 1. The molecule has 102 valence electrons. The van der Waals surface area contributed by atoms with Crippen LogP contribution in [-0.4, -0.2) is 18.7 Å². The quantitative estimate of drug-likeness (QED) is 0.826. The highest BCUT2D eigenvalue weighted by atomic mass is 19.1. The summed E-state index contributed by atoms with van der Waals surface area (Å²) in [6.45, 7) is 0. The summed E-state index contributed by atoms with van der Waals surface area (Å²) in [5, 5.41) is 0. The van der Waals surface area contributed by atoms with E-state index in [9.17, 15) is 18.4 Å². The molecule has 0 aliphatic heterocycles. The van der Waals surface area contributed by atoms with Gasteiger partial charge in [0.1, 0.15) is 17.4 Å². The number of carbonyl (C=O) groups is 2. The molecule has 3 nitrogen and oxygen atoms in total. The number of carbonyl (C=O) groups excluding carboxylic acids is 2. The van der Waals surface area contributed by atoms with E-state index < -0.39 is 11.6 Å². The number of ketones is 1. The first-order valence-corrected chi connectivity index (χ1v) is 6.23. The second-order valence-corrected chi connectivity index (χ2v) is 4.81. The minimum atomic E-state index is -0.761. The molecule has 0 heterocycles. The Morgan fingerprint density at radius 2 is 1.89 bits per heavy atom. The van der Waals surface area contributed by atoms with Crippen LogP contribution in [0.1, 0.15) is 25.7 Å². The Bertz CT molecular complexity index is 506. The molecule has 5 heteroatoms. The monoisotopic (exact) mass is 267 g/mol. The molecule has 1 aliphatic carbocycles. The molecule has 0 bridgehead atoms. The Morgan fingerprint density at radius 1 is 1.26 bits per heavy atom. The standard InChI is InChI=1S/C14H15F2NO2/c1-17(13-7-4-10(15)8-12(13)16)14(19)9-2-5-11(18)6-3-9/h4,7-9H,2-3,5-6H2,1H3. The minimum Gasteiger partial charge on any atom is -0.313 e. The Labute approximate surface area is 110 Å². The fourth-order valence-corrected chi connectivity index (χ4v) is 2.33. The maximum absolute atomic E-state index is 13.6. The van der Waals surface area contributed by atoms with E-state index in [-0.39, 0.29) is 23.3 Å². The molecule has 0 saturated heterocycles. The van der Waals surface area contributed by atoms with Crippen molar-refractivity contribution >= 4 is 17.4 Å². The van der Waals surface area contributed by atoms with Gasteiger partial charge in [0.15, 0.2) is 0 Å². The van der Waals surface area contributed by atoms with Crippen molar-refractivity contribution in [1.29, 1.82) is 0 Å². The number of halogens is 2. The summed E-state index contributed by atoms with van der Waals surface area (Å²) in [7, 11) is 1.47. The van der Waals surface area contributed by atoms with Gasteiger partial charge in [0.05, 0.1) is 5.69 Å². The predicted octanol–water partition coefficient (Wildman–Crippen LogP) is 2.69. The molecule has 0 aromatic heterocycles. The van der Waals surface area contributed by atoms with Gasteiger partial charge in [-0.2, -0.15) is 0 Å². The van der Waals surface area contributed by atoms with Crippen molar-refractivity contribution in [1.82, 2.24) is 0 Å². The van der Waals surface area contributed by atoms with Crippen molar-refractivity contribution in [2.45, 2.75) is 25.7 Å². The topological polar surface area (TPSA) is 37.4 Å². The zero-order chi connectivity index (χ0) is 14.0. The van der Waals surface area contributed by atoms with E-state index in [4.69, 9.17) is 0 Å². The number of hydrogen-bond acceptors (Lipinski definition) is 2. The van der Waals surface area contributed by atoms with Crippen molar-refractivity contribution in [2.75, 3.05) is 11.9 Å². The van der Waals surface area contributed by atoms with Gasteiger partial charge in [-0.05, 0) is 25.0 Å². The third-order valence-electron chi connectivity index (χ3n) is 3.49. The molecule has 0 unspecified atom stereocenters. The zero-order valence-corrected chi connectivity index (χ0v) is 10.7. The second kappa shape index (κ2) is 5.47. The third kappa shape index (κ3) is 2.97. The molecule has 1 aromatic rings. The molecule has 1 saturated carbocycles. The number of Topliss-reactive ketones (excluding diaryl/α,β-unsaturated/α-hetero) is 1. The Kier molecular flexibility index (Phi) is 3.93. The van der Waals surface area contributed by atoms with E-state index in [0.29, 0.717) is 25.7 Å². The number of rotatable bonds is 2. The zero-order valence-electron chi connectivity index (χ0n) is 10.7. The van der Waals surface area contributed by atoms with Gasteiger partial charge in [-0.3, -0.25) is 9.59 Å². The van der Waals surface area contributed by atoms with Crippen LogP contribution < -0.4 is 4.90 Å². The first-order chi connectivity index (χ1) is 8.99. The fraction of sp³-hybridized carbons (Fsp3) is 0.429. The lowest BCUT2D eigenvalue weighted by Gasteiger charge is -2.26. The molecule has 2 rings (SSSR count). The smallest absolute Gasteiger partial charge is 0.229 e. The highest BCUT2D eigenvalue weighted by molar-refractivity contribution is 5.95. The largest absolute Gasteiger partial charge is 0.313 e. The van der Waals surface area contributed by atoms with Gasteiger partial charge in [0.2, 0.25) is 5.91 Å². The summed E-state index contributed by atoms with van der Waals surface area (Å²) in [4.78, 5) is 24.5. The van der Waals surface area contributed by atoms with Crippen LogP contribution in [0.15, 0.2) is 18.2 Å². The van der Waals surface area contributed by atoms with Crippen LogP contribution in [0.25, 0.3) is 0 Å². The molecule has 1 amide bonds. The maximum Gasteiger partial charge on any atom is 0.229 e. The molecule has 1 fully saturated rings. The Hall–Kier alpha value is -1.78. The van der Waals surface area contributed by atoms with Crippen LogP contribution in [0.2, 0.25) is 0 Å². The first kappa shape index (κ1) is 13.6. The average molecular weight is 267 g/mol. The third-order valence-corrected chi connectivity index (χ3v) is 3.49. The summed E-state index contributed by atoms with van der Waals surface area (Å²) >= 11 is 0.